The first-order chi connectivity index (χ1) is 7.57. The summed E-state index contributed by atoms with van der Waals surface area (Å²) in [4.78, 5) is 13.6. The zero-order chi connectivity index (χ0) is 12.1. The minimum absolute atomic E-state index is 0.0962. The maximum Gasteiger partial charge on any atom is 0.227 e. The average Bonchev–Trinajstić information content (AvgIpc) is 2.36. The van der Waals surface area contributed by atoms with Gasteiger partial charge in [-0.1, -0.05) is 37.3 Å². The van der Waals surface area contributed by atoms with Crippen molar-refractivity contribution in [1.82, 2.24) is 4.90 Å². The minimum Gasteiger partial charge on any atom is -0.346 e. The Morgan fingerprint density at radius 2 is 1.94 bits per heavy atom. The number of nitrogens with two attached hydrogens (primary N) is 1. The zero-order valence-electron chi connectivity index (χ0n) is 10.2. The second-order valence-electron chi connectivity index (χ2n) is 4.08. The van der Waals surface area contributed by atoms with Gasteiger partial charge in [-0.25, -0.2) is 0 Å². The number of nitrogens with zero attached hydrogens (tertiary/aromatic N) is 1. The number of rotatable bonds is 4. The molecule has 1 aromatic rings. The van der Waals surface area contributed by atoms with E-state index >= 15 is 0 Å². The van der Waals surface area contributed by atoms with Gasteiger partial charge in [-0.3, -0.25) is 4.79 Å². The minimum atomic E-state index is -0.234. The summed E-state index contributed by atoms with van der Waals surface area (Å²) >= 11 is 0. The van der Waals surface area contributed by atoms with E-state index in [4.69, 9.17) is 5.73 Å². The van der Waals surface area contributed by atoms with Crippen LogP contribution in [0.1, 0.15) is 25.5 Å². The molecule has 0 fully saturated rings. The van der Waals surface area contributed by atoms with Gasteiger partial charge in [0.05, 0.1) is 5.92 Å². The lowest BCUT2D eigenvalue weighted by Crippen LogP contribution is -2.36. The lowest BCUT2D eigenvalue weighted by molar-refractivity contribution is -0.134. The molecular formula is C13H20N2O. The lowest BCUT2D eigenvalue weighted by Gasteiger charge is -2.24. The van der Waals surface area contributed by atoms with Crippen LogP contribution in [-0.4, -0.2) is 24.4 Å². The van der Waals surface area contributed by atoms with E-state index in [0.717, 1.165) is 5.56 Å². The molecule has 0 heterocycles. The fraction of sp³-hybridized carbons (Fsp3) is 0.462. The molecule has 0 aliphatic carbocycles. The molecule has 0 saturated carbocycles. The van der Waals surface area contributed by atoms with Crippen LogP contribution in [0.4, 0.5) is 0 Å². The SMILES string of the molecule is CCN(C)C(=O)[C@@H](C)[C@@H](N)c1ccccc1. The van der Waals surface area contributed by atoms with E-state index in [1.807, 2.05) is 44.2 Å². The van der Waals surface area contributed by atoms with Gasteiger partial charge in [-0.2, -0.15) is 0 Å². The molecule has 3 heteroatoms. The van der Waals surface area contributed by atoms with Crippen molar-refractivity contribution in [2.24, 2.45) is 11.7 Å². The van der Waals surface area contributed by atoms with Crippen molar-refractivity contribution >= 4 is 5.91 Å². The van der Waals surface area contributed by atoms with Crippen LogP contribution < -0.4 is 5.73 Å². The molecule has 0 bridgehead atoms. The second kappa shape index (κ2) is 5.66. The van der Waals surface area contributed by atoms with Crippen molar-refractivity contribution in [2.45, 2.75) is 19.9 Å². The van der Waals surface area contributed by atoms with E-state index in [0.29, 0.717) is 6.54 Å². The number of hydrogen-bond donors (Lipinski definition) is 1. The highest BCUT2D eigenvalue weighted by atomic mass is 16.2. The van der Waals surface area contributed by atoms with Crippen molar-refractivity contribution in [2.75, 3.05) is 13.6 Å². The van der Waals surface area contributed by atoms with Gasteiger partial charge in [0, 0.05) is 19.6 Å². The Balaban J connectivity index is 2.75. The Kier molecular flexibility index (Phi) is 4.50. The molecule has 2 N–H and O–H groups in total. The highest BCUT2D eigenvalue weighted by Crippen LogP contribution is 2.20. The highest BCUT2D eigenvalue weighted by molar-refractivity contribution is 5.79. The maximum atomic E-state index is 11.9. The zero-order valence-corrected chi connectivity index (χ0v) is 10.2. The Morgan fingerprint density at radius 1 is 1.38 bits per heavy atom. The standard InChI is InChI=1S/C13H20N2O/c1-4-15(3)13(16)10(2)12(14)11-8-6-5-7-9-11/h5-10,12H,4,14H2,1-3H3/t10-,12+/m0/s1. The number of carbonyl (C=O) groups excluding carboxylic acids is 1. The molecule has 0 aliphatic heterocycles. The van der Waals surface area contributed by atoms with Crippen molar-refractivity contribution in [1.29, 1.82) is 0 Å². The van der Waals surface area contributed by atoms with Crippen molar-refractivity contribution in [3.05, 3.63) is 35.9 Å². The summed E-state index contributed by atoms with van der Waals surface area (Å²) < 4.78 is 0. The summed E-state index contributed by atoms with van der Waals surface area (Å²) in [6.45, 7) is 4.55. The predicted octanol–water partition coefficient (Wildman–Crippen LogP) is 1.80. The molecule has 1 aromatic carbocycles. The van der Waals surface area contributed by atoms with Crippen LogP contribution in [0.5, 0.6) is 0 Å². The first kappa shape index (κ1) is 12.7. The molecular weight excluding hydrogens is 200 g/mol. The Morgan fingerprint density at radius 3 is 2.44 bits per heavy atom. The number of hydrogen-bond acceptors (Lipinski definition) is 2. The summed E-state index contributed by atoms with van der Waals surface area (Å²) in [6, 6.07) is 9.51. The quantitative estimate of drug-likeness (QED) is 0.841. The van der Waals surface area contributed by atoms with Crippen molar-refractivity contribution in [3.8, 4) is 0 Å². The Bertz CT molecular complexity index is 337. The molecule has 0 aromatic heterocycles. The number of amides is 1. The monoisotopic (exact) mass is 220 g/mol. The van der Waals surface area contributed by atoms with Crippen LogP contribution in [0, 0.1) is 5.92 Å². The van der Waals surface area contributed by atoms with Gasteiger partial charge in [-0.15, -0.1) is 0 Å². The topological polar surface area (TPSA) is 46.3 Å². The van der Waals surface area contributed by atoms with Gasteiger partial charge in [0.1, 0.15) is 0 Å². The second-order valence-corrected chi connectivity index (χ2v) is 4.08. The summed E-state index contributed by atoms with van der Waals surface area (Å²) in [7, 11) is 1.80. The van der Waals surface area contributed by atoms with Crippen LogP contribution in [0.2, 0.25) is 0 Å². The molecule has 16 heavy (non-hydrogen) atoms. The predicted molar refractivity (Wildman–Crippen MR) is 65.8 cm³/mol. The highest BCUT2D eigenvalue weighted by Gasteiger charge is 2.23. The lowest BCUT2D eigenvalue weighted by atomic mass is 9.94. The van der Waals surface area contributed by atoms with Crippen LogP contribution in [-0.2, 0) is 4.79 Å². The van der Waals surface area contributed by atoms with Gasteiger partial charge in [0.15, 0.2) is 0 Å². The van der Waals surface area contributed by atoms with Crippen LogP contribution in [0.25, 0.3) is 0 Å². The van der Waals surface area contributed by atoms with Gasteiger partial charge in [0.2, 0.25) is 5.91 Å². The van der Waals surface area contributed by atoms with Crippen LogP contribution >= 0.6 is 0 Å². The summed E-state index contributed by atoms with van der Waals surface area (Å²) in [5.41, 5.74) is 7.09. The molecule has 0 spiro atoms. The Labute approximate surface area is 97.2 Å². The normalized spacial score (nSPS) is 14.2. The third-order valence-electron chi connectivity index (χ3n) is 2.96. The van der Waals surface area contributed by atoms with E-state index in [9.17, 15) is 4.79 Å². The molecule has 0 aliphatic rings. The third-order valence-corrected chi connectivity index (χ3v) is 2.96. The van der Waals surface area contributed by atoms with Gasteiger partial charge in [0.25, 0.3) is 0 Å². The molecule has 1 rings (SSSR count). The largest absolute Gasteiger partial charge is 0.346 e. The van der Waals surface area contributed by atoms with Crippen molar-refractivity contribution < 1.29 is 4.79 Å². The molecule has 2 atom stereocenters. The smallest absolute Gasteiger partial charge is 0.227 e. The first-order valence-corrected chi connectivity index (χ1v) is 5.63. The molecule has 3 nitrogen and oxygen atoms in total. The molecule has 1 amide bonds. The van der Waals surface area contributed by atoms with Crippen molar-refractivity contribution in [3.63, 3.8) is 0 Å². The number of carbonyl (C=O) groups is 1. The Hall–Kier alpha value is -1.35. The first-order valence-electron chi connectivity index (χ1n) is 5.63. The van der Waals surface area contributed by atoms with E-state index in [2.05, 4.69) is 0 Å². The van der Waals surface area contributed by atoms with Gasteiger partial charge in [-0.05, 0) is 12.5 Å². The molecule has 0 radical (unpaired) electrons. The summed E-state index contributed by atoms with van der Waals surface area (Å²) in [5.74, 6) is -0.0915. The fourth-order valence-corrected chi connectivity index (χ4v) is 1.62. The average molecular weight is 220 g/mol. The summed E-state index contributed by atoms with van der Waals surface area (Å²) in [6.07, 6.45) is 0. The molecule has 0 unspecified atom stereocenters. The van der Waals surface area contributed by atoms with Gasteiger partial charge < -0.3 is 10.6 Å². The van der Waals surface area contributed by atoms with E-state index in [1.165, 1.54) is 0 Å². The van der Waals surface area contributed by atoms with E-state index in [1.54, 1.807) is 11.9 Å². The molecule has 88 valence electrons. The van der Waals surface area contributed by atoms with E-state index < -0.39 is 0 Å². The van der Waals surface area contributed by atoms with Crippen LogP contribution in [0.3, 0.4) is 0 Å². The number of benzene rings is 1. The fourth-order valence-electron chi connectivity index (χ4n) is 1.62. The van der Waals surface area contributed by atoms with E-state index in [-0.39, 0.29) is 17.9 Å². The maximum absolute atomic E-state index is 11.9. The molecule has 0 saturated heterocycles. The third kappa shape index (κ3) is 2.83. The summed E-state index contributed by atoms with van der Waals surface area (Å²) in [5, 5.41) is 0. The van der Waals surface area contributed by atoms with Gasteiger partial charge >= 0.3 is 0 Å². The van der Waals surface area contributed by atoms with Crippen LogP contribution in [0.15, 0.2) is 30.3 Å².